The van der Waals surface area contributed by atoms with Crippen molar-refractivity contribution in [3.8, 4) is 0 Å². The van der Waals surface area contributed by atoms with Gasteiger partial charge < -0.3 is 0 Å². The zero-order valence-electron chi connectivity index (χ0n) is 9.18. The van der Waals surface area contributed by atoms with Gasteiger partial charge in [0, 0.05) is 4.43 Å². The number of halogens is 1. The fourth-order valence-corrected chi connectivity index (χ4v) is 2.80. The average Bonchev–Trinajstić information content (AvgIpc) is 2.12. The van der Waals surface area contributed by atoms with Crippen molar-refractivity contribution in [3.05, 3.63) is 11.6 Å². The van der Waals surface area contributed by atoms with Gasteiger partial charge in [0.2, 0.25) is 0 Å². The predicted molar refractivity (Wildman–Crippen MR) is 68.2 cm³/mol. The quantitative estimate of drug-likeness (QED) is 0.404. The van der Waals surface area contributed by atoms with E-state index in [0.717, 1.165) is 23.7 Å². The molecule has 0 bridgehead atoms. The summed E-state index contributed by atoms with van der Waals surface area (Å²) in [6.07, 6.45) is 3.91. The van der Waals surface area contributed by atoms with Gasteiger partial charge in [0.25, 0.3) is 0 Å². The Balaban J connectivity index is 2.71. The van der Waals surface area contributed by atoms with E-state index < -0.39 is 0 Å². The zero-order valence-corrected chi connectivity index (χ0v) is 11.3. The molecular weight excluding hydrogens is 271 g/mol. The summed E-state index contributed by atoms with van der Waals surface area (Å²) in [6, 6.07) is 0. The van der Waals surface area contributed by atoms with Gasteiger partial charge >= 0.3 is 0 Å². The van der Waals surface area contributed by atoms with Gasteiger partial charge in [-0.1, -0.05) is 55.0 Å². The van der Waals surface area contributed by atoms with E-state index in [1.54, 1.807) is 5.57 Å². The van der Waals surface area contributed by atoms with Crippen molar-refractivity contribution in [2.75, 3.05) is 4.43 Å². The maximum Gasteiger partial charge on any atom is 0.00266 e. The van der Waals surface area contributed by atoms with Gasteiger partial charge in [-0.05, 0) is 37.0 Å². The molecule has 0 heterocycles. The van der Waals surface area contributed by atoms with Crippen LogP contribution in [0, 0.1) is 23.7 Å². The van der Waals surface area contributed by atoms with Crippen LogP contribution in [0.1, 0.15) is 34.1 Å². The van der Waals surface area contributed by atoms with E-state index in [2.05, 4.69) is 56.4 Å². The highest BCUT2D eigenvalue weighted by Crippen LogP contribution is 2.36. The zero-order chi connectivity index (χ0) is 10.0. The van der Waals surface area contributed by atoms with Crippen molar-refractivity contribution in [2.24, 2.45) is 23.7 Å². The SMILES string of the molecule is CC1=CC(C(C)CI)CC(C)C1C. The van der Waals surface area contributed by atoms with Crippen molar-refractivity contribution in [3.63, 3.8) is 0 Å². The Morgan fingerprint density at radius 1 is 1.54 bits per heavy atom. The van der Waals surface area contributed by atoms with Crippen LogP contribution >= 0.6 is 22.6 Å². The maximum atomic E-state index is 2.52. The molecule has 0 spiro atoms. The molecule has 1 aliphatic rings. The Labute approximate surface area is 96.3 Å². The number of alkyl halides is 1. The first-order valence-corrected chi connectivity index (χ1v) is 6.83. The molecule has 1 heteroatoms. The van der Waals surface area contributed by atoms with Crippen LogP contribution in [0.25, 0.3) is 0 Å². The monoisotopic (exact) mass is 292 g/mol. The van der Waals surface area contributed by atoms with Gasteiger partial charge in [0.15, 0.2) is 0 Å². The lowest BCUT2D eigenvalue weighted by Gasteiger charge is -2.33. The standard InChI is InChI=1S/C12H21I/c1-8-5-12(10(3)7-13)6-9(2)11(8)4/h5,9-12H,6-7H2,1-4H3. The molecule has 0 saturated heterocycles. The van der Waals surface area contributed by atoms with Crippen LogP contribution in [0.4, 0.5) is 0 Å². The molecule has 0 radical (unpaired) electrons. The fraction of sp³-hybridized carbons (Fsp3) is 0.833. The molecular formula is C12H21I. The highest BCUT2D eigenvalue weighted by Gasteiger charge is 2.26. The third-order valence-corrected chi connectivity index (χ3v) is 5.06. The van der Waals surface area contributed by atoms with Crippen LogP contribution in [0.2, 0.25) is 0 Å². The Bertz CT molecular complexity index is 195. The predicted octanol–water partition coefficient (Wildman–Crippen LogP) is 4.30. The Morgan fingerprint density at radius 3 is 2.62 bits per heavy atom. The average molecular weight is 292 g/mol. The minimum Gasteiger partial charge on any atom is -0.0861 e. The second-order valence-electron chi connectivity index (χ2n) is 4.71. The number of hydrogen-bond acceptors (Lipinski definition) is 0. The minimum absolute atomic E-state index is 0.803. The molecule has 0 aromatic heterocycles. The van der Waals surface area contributed by atoms with Crippen molar-refractivity contribution in [2.45, 2.75) is 34.1 Å². The maximum absolute atomic E-state index is 2.52. The molecule has 0 aromatic carbocycles. The number of allylic oxidation sites excluding steroid dienone is 2. The third-order valence-electron chi connectivity index (χ3n) is 3.67. The van der Waals surface area contributed by atoms with E-state index in [1.807, 2.05) is 0 Å². The van der Waals surface area contributed by atoms with Gasteiger partial charge in [-0.15, -0.1) is 0 Å². The van der Waals surface area contributed by atoms with E-state index in [0.29, 0.717) is 0 Å². The van der Waals surface area contributed by atoms with E-state index in [4.69, 9.17) is 0 Å². The highest BCUT2D eigenvalue weighted by atomic mass is 127. The Morgan fingerprint density at radius 2 is 2.15 bits per heavy atom. The first-order chi connectivity index (χ1) is 6.06. The van der Waals surface area contributed by atoms with Gasteiger partial charge in [0.1, 0.15) is 0 Å². The number of hydrogen-bond donors (Lipinski definition) is 0. The molecule has 76 valence electrons. The van der Waals surface area contributed by atoms with Crippen LogP contribution in [0.5, 0.6) is 0 Å². The molecule has 4 unspecified atom stereocenters. The van der Waals surface area contributed by atoms with Crippen molar-refractivity contribution in [1.82, 2.24) is 0 Å². The Kier molecular flexibility index (Phi) is 4.27. The molecule has 0 amide bonds. The summed E-state index contributed by atoms with van der Waals surface area (Å²) in [7, 11) is 0. The van der Waals surface area contributed by atoms with Crippen LogP contribution in [0.15, 0.2) is 11.6 Å². The summed E-state index contributed by atoms with van der Waals surface area (Å²) in [4.78, 5) is 0. The summed E-state index contributed by atoms with van der Waals surface area (Å²) in [5, 5.41) is 0. The summed E-state index contributed by atoms with van der Waals surface area (Å²) in [5.74, 6) is 3.37. The second kappa shape index (κ2) is 4.81. The smallest absolute Gasteiger partial charge is 0.00266 e. The van der Waals surface area contributed by atoms with Crippen LogP contribution in [-0.2, 0) is 0 Å². The lowest BCUT2D eigenvalue weighted by molar-refractivity contribution is 0.293. The second-order valence-corrected chi connectivity index (χ2v) is 5.59. The van der Waals surface area contributed by atoms with E-state index in [1.165, 1.54) is 10.8 Å². The molecule has 1 rings (SSSR count). The van der Waals surface area contributed by atoms with Gasteiger partial charge in [-0.3, -0.25) is 0 Å². The lowest BCUT2D eigenvalue weighted by atomic mass is 9.73. The van der Waals surface area contributed by atoms with Gasteiger partial charge in [0.05, 0.1) is 0 Å². The molecule has 1 aliphatic carbocycles. The van der Waals surface area contributed by atoms with E-state index in [-0.39, 0.29) is 0 Å². The lowest BCUT2D eigenvalue weighted by Crippen LogP contribution is -2.24. The largest absolute Gasteiger partial charge is 0.0861 e. The van der Waals surface area contributed by atoms with E-state index in [9.17, 15) is 0 Å². The molecule has 0 nitrogen and oxygen atoms in total. The van der Waals surface area contributed by atoms with Crippen LogP contribution < -0.4 is 0 Å². The topological polar surface area (TPSA) is 0 Å². The third kappa shape index (κ3) is 2.71. The minimum atomic E-state index is 0.803. The molecule has 4 atom stereocenters. The molecule has 0 aliphatic heterocycles. The fourth-order valence-electron chi connectivity index (χ4n) is 2.15. The van der Waals surface area contributed by atoms with E-state index >= 15 is 0 Å². The van der Waals surface area contributed by atoms with Crippen molar-refractivity contribution in [1.29, 1.82) is 0 Å². The molecule has 0 fully saturated rings. The summed E-state index contributed by atoms with van der Waals surface area (Å²) in [6.45, 7) is 9.44. The molecule has 0 aromatic rings. The highest BCUT2D eigenvalue weighted by molar-refractivity contribution is 14.1. The van der Waals surface area contributed by atoms with Gasteiger partial charge in [-0.25, -0.2) is 0 Å². The van der Waals surface area contributed by atoms with Crippen LogP contribution in [-0.4, -0.2) is 4.43 Å². The number of rotatable bonds is 2. The van der Waals surface area contributed by atoms with Crippen LogP contribution in [0.3, 0.4) is 0 Å². The van der Waals surface area contributed by atoms with Gasteiger partial charge in [-0.2, -0.15) is 0 Å². The summed E-state index contributed by atoms with van der Waals surface area (Å²) >= 11 is 2.51. The molecule has 0 N–H and O–H groups in total. The first-order valence-electron chi connectivity index (χ1n) is 5.30. The summed E-state index contributed by atoms with van der Waals surface area (Å²) < 4.78 is 1.29. The normalized spacial score (nSPS) is 37.0. The molecule has 0 saturated carbocycles. The molecule has 13 heavy (non-hydrogen) atoms. The Hall–Kier alpha value is 0.470. The summed E-state index contributed by atoms with van der Waals surface area (Å²) in [5.41, 5.74) is 1.61. The van der Waals surface area contributed by atoms with Crippen molar-refractivity contribution >= 4 is 22.6 Å². The van der Waals surface area contributed by atoms with Crippen molar-refractivity contribution < 1.29 is 0 Å². The first kappa shape index (κ1) is 11.5.